The lowest BCUT2D eigenvalue weighted by Gasteiger charge is -2.17. The first kappa shape index (κ1) is 17.2. The second-order valence-corrected chi connectivity index (χ2v) is 5.13. The molecule has 6 heteroatoms. The lowest BCUT2D eigenvalue weighted by Crippen LogP contribution is -2.18. The van der Waals surface area contributed by atoms with E-state index in [9.17, 15) is 9.18 Å². The van der Waals surface area contributed by atoms with Crippen molar-refractivity contribution in [3.05, 3.63) is 65.5 Å². The predicted molar refractivity (Wildman–Crippen MR) is 91.4 cm³/mol. The van der Waals surface area contributed by atoms with Gasteiger partial charge < -0.3 is 4.90 Å². The Balaban J connectivity index is 1.91. The number of hydrogen-bond acceptors (Lipinski definition) is 4. The van der Waals surface area contributed by atoms with Crippen LogP contribution in [0.25, 0.3) is 0 Å². The Bertz CT molecular complexity index is 748. The van der Waals surface area contributed by atoms with E-state index in [1.54, 1.807) is 0 Å². The number of benzene rings is 2. The van der Waals surface area contributed by atoms with Crippen molar-refractivity contribution in [3.8, 4) is 6.07 Å². The summed E-state index contributed by atoms with van der Waals surface area (Å²) in [4.78, 5) is 13.8. The van der Waals surface area contributed by atoms with Gasteiger partial charge in [0.05, 0.1) is 18.7 Å². The van der Waals surface area contributed by atoms with E-state index in [0.29, 0.717) is 18.5 Å². The van der Waals surface area contributed by atoms with Gasteiger partial charge >= 0.3 is 0 Å². The maximum atomic E-state index is 12.8. The van der Waals surface area contributed by atoms with Gasteiger partial charge in [-0.25, -0.2) is 9.82 Å². The molecule has 0 aliphatic rings. The van der Waals surface area contributed by atoms with Crippen molar-refractivity contribution in [2.24, 2.45) is 5.10 Å². The molecule has 0 heterocycles. The lowest BCUT2D eigenvalue weighted by atomic mass is 10.2. The number of hydrazone groups is 1. The van der Waals surface area contributed by atoms with E-state index in [1.807, 2.05) is 36.2 Å². The summed E-state index contributed by atoms with van der Waals surface area (Å²) in [5.41, 5.74) is 4.55. The minimum Gasteiger partial charge on any atom is -0.374 e. The Morgan fingerprint density at radius 1 is 1.25 bits per heavy atom. The van der Waals surface area contributed by atoms with Crippen molar-refractivity contribution >= 4 is 17.8 Å². The number of carbonyl (C=O) groups is 1. The first-order valence-electron chi connectivity index (χ1n) is 7.37. The van der Waals surface area contributed by atoms with E-state index in [2.05, 4.69) is 16.6 Å². The second kappa shape index (κ2) is 8.44. The third-order valence-corrected chi connectivity index (χ3v) is 3.38. The number of nitrogens with zero attached hydrogens (tertiary/aromatic N) is 3. The molecule has 0 fully saturated rings. The summed E-state index contributed by atoms with van der Waals surface area (Å²) in [7, 11) is 1.92. The molecule has 0 bridgehead atoms. The molecule has 0 aromatic heterocycles. The second-order valence-electron chi connectivity index (χ2n) is 5.13. The Hall–Kier alpha value is -3.20. The molecule has 0 atom stereocenters. The summed E-state index contributed by atoms with van der Waals surface area (Å²) in [5.74, 6) is -0.797. The Morgan fingerprint density at radius 2 is 1.92 bits per heavy atom. The molecule has 2 rings (SSSR count). The Morgan fingerprint density at radius 3 is 2.54 bits per heavy atom. The average molecular weight is 324 g/mol. The maximum absolute atomic E-state index is 12.8. The average Bonchev–Trinajstić information content (AvgIpc) is 2.60. The molecule has 0 unspecified atom stereocenters. The molecule has 0 radical (unpaired) electrons. The fourth-order valence-corrected chi connectivity index (χ4v) is 1.99. The highest BCUT2D eigenvalue weighted by Crippen LogP contribution is 2.13. The molecule has 0 spiro atoms. The topological polar surface area (TPSA) is 68.5 Å². The third-order valence-electron chi connectivity index (χ3n) is 3.38. The van der Waals surface area contributed by atoms with Crippen LogP contribution in [0.4, 0.5) is 10.1 Å². The predicted octanol–water partition coefficient (Wildman–Crippen LogP) is 2.94. The molecule has 1 amide bonds. The van der Waals surface area contributed by atoms with Gasteiger partial charge in [-0.05, 0) is 42.0 Å². The molecule has 2 aromatic rings. The molecule has 5 nitrogen and oxygen atoms in total. The molecule has 0 aliphatic heterocycles. The summed E-state index contributed by atoms with van der Waals surface area (Å²) < 4.78 is 12.8. The summed E-state index contributed by atoms with van der Waals surface area (Å²) in [6, 6.07) is 14.9. The quantitative estimate of drug-likeness (QED) is 0.656. The molecule has 0 saturated heterocycles. The number of nitrogens with one attached hydrogen (secondary N) is 1. The van der Waals surface area contributed by atoms with Gasteiger partial charge in [0, 0.05) is 24.8 Å². The normalized spacial score (nSPS) is 10.4. The van der Waals surface area contributed by atoms with Crippen LogP contribution in [-0.4, -0.2) is 25.7 Å². The zero-order valence-electron chi connectivity index (χ0n) is 13.2. The Kier molecular flexibility index (Phi) is 6.03. The van der Waals surface area contributed by atoms with Gasteiger partial charge in [-0.3, -0.25) is 4.79 Å². The van der Waals surface area contributed by atoms with Crippen molar-refractivity contribution in [1.82, 2.24) is 5.43 Å². The monoisotopic (exact) mass is 324 g/mol. The van der Waals surface area contributed by atoms with Crippen LogP contribution in [0.2, 0.25) is 0 Å². The highest BCUT2D eigenvalue weighted by molar-refractivity contribution is 5.94. The number of halogens is 1. The van der Waals surface area contributed by atoms with E-state index in [4.69, 9.17) is 5.26 Å². The molecular formula is C18H17FN4O. The minimum atomic E-state index is -0.404. The van der Waals surface area contributed by atoms with Crippen LogP contribution in [0, 0.1) is 17.1 Å². The summed E-state index contributed by atoms with van der Waals surface area (Å²) >= 11 is 0. The van der Waals surface area contributed by atoms with E-state index in [-0.39, 0.29) is 0 Å². The molecule has 0 saturated carbocycles. The highest BCUT2D eigenvalue weighted by Gasteiger charge is 2.03. The fourth-order valence-electron chi connectivity index (χ4n) is 1.99. The van der Waals surface area contributed by atoms with Crippen LogP contribution < -0.4 is 10.3 Å². The zero-order valence-corrected chi connectivity index (χ0v) is 13.2. The lowest BCUT2D eigenvalue weighted by molar-refractivity contribution is 0.0955. The number of anilines is 1. The van der Waals surface area contributed by atoms with Crippen molar-refractivity contribution in [2.75, 3.05) is 18.5 Å². The standard InChI is InChI=1S/C18H17FN4O/c1-23(12-2-11-20)17-9-3-14(4-10-17)13-21-22-18(24)15-5-7-16(19)8-6-15/h3-10,13H,2,12H2,1H3,(H,22,24)/b21-13-. The first-order chi connectivity index (χ1) is 11.6. The zero-order chi connectivity index (χ0) is 17.4. The maximum Gasteiger partial charge on any atom is 0.271 e. The number of carbonyl (C=O) groups excluding carboxylic acids is 1. The van der Waals surface area contributed by atoms with Crippen molar-refractivity contribution in [2.45, 2.75) is 6.42 Å². The van der Waals surface area contributed by atoms with Gasteiger partial charge in [-0.15, -0.1) is 0 Å². The van der Waals surface area contributed by atoms with Gasteiger partial charge in [0.25, 0.3) is 5.91 Å². The number of rotatable bonds is 6. The number of nitriles is 1. The van der Waals surface area contributed by atoms with Crippen LogP contribution in [0.5, 0.6) is 0 Å². The number of hydrogen-bond donors (Lipinski definition) is 1. The smallest absolute Gasteiger partial charge is 0.271 e. The van der Waals surface area contributed by atoms with Crippen molar-refractivity contribution < 1.29 is 9.18 Å². The SMILES string of the molecule is CN(CCC#N)c1ccc(/C=N\NC(=O)c2ccc(F)cc2)cc1. The van der Waals surface area contributed by atoms with Gasteiger partial charge in [0.2, 0.25) is 0 Å². The van der Waals surface area contributed by atoms with E-state index < -0.39 is 11.7 Å². The van der Waals surface area contributed by atoms with E-state index in [0.717, 1.165) is 11.3 Å². The van der Waals surface area contributed by atoms with Crippen LogP contribution in [0.1, 0.15) is 22.3 Å². The third kappa shape index (κ3) is 4.92. The van der Waals surface area contributed by atoms with Gasteiger partial charge in [-0.2, -0.15) is 10.4 Å². The first-order valence-corrected chi connectivity index (χ1v) is 7.37. The largest absolute Gasteiger partial charge is 0.374 e. The van der Waals surface area contributed by atoms with Crippen LogP contribution >= 0.6 is 0 Å². The van der Waals surface area contributed by atoms with E-state index in [1.165, 1.54) is 30.5 Å². The van der Waals surface area contributed by atoms with Crippen molar-refractivity contribution in [1.29, 1.82) is 5.26 Å². The van der Waals surface area contributed by atoms with Gasteiger partial charge in [-0.1, -0.05) is 12.1 Å². The molecule has 122 valence electrons. The van der Waals surface area contributed by atoms with Gasteiger partial charge in [0.15, 0.2) is 0 Å². The van der Waals surface area contributed by atoms with Crippen molar-refractivity contribution in [3.63, 3.8) is 0 Å². The minimum absolute atomic E-state index is 0.336. The van der Waals surface area contributed by atoms with Gasteiger partial charge in [0.1, 0.15) is 5.82 Å². The summed E-state index contributed by atoms with van der Waals surface area (Å²) in [6.45, 7) is 0.664. The van der Waals surface area contributed by atoms with Crippen LogP contribution in [0.15, 0.2) is 53.6 Å². The molecule has 24 heavy (non-hydrogen) atoms. The van der Waals surface area contributed by atoms with Crippen LogP contribution in [0.3, 0.4) is 0 Å². The molecule has 0 aliphatic carbocycles. The Labute approximate surface area is 140 Å². The molecule has 2 aromatic carbocycles. The fraction of sp³-hybridized carbons (Fsp3) is 0.167. The van der Waals surface area contributed by atoms with E-state index >= 15 is 0 Å². The summed E-state index contributed by atoms with van der Waals surface area (Å²) in [6.07, 6.45) is 2.00. The summed E-state index contributed by atoms with van der Waals surface area (Å²) in [5, 5.41) is 12.5. The number of amides is 1. The van der Waals surface area contributed by atoms with Crippen LogP contribution in [-0.2, 0) is 0 Å². The molecule has 1 N–H and O–H groups in total. The highest BCUT2D eigenvalue weighted by atomic mass is 19.1. The molecular weight excluding hydrogens is 307 g/mol.